The minimum atomic E-state index is -1.05. The number of Topliss-reactive ketones (excluding diaryl/α,β-unsaturated/α-hetero) is 1. The smallest absolute Gasteiger partial charge is 0.303 e. The molecule has 3 heterocycles. The molecule has 2 saturated carbocycles. The van der Waals surface area contributed by atoms with Gasteiger partial charge in [0.25, 0.3) is 0 Å². The molecule has 2 saturated heterocycles. The lowest BCUT2D eigenvalue weighted by molar-refractivity contribution is -0.256. The van der Waals surface area contributed by atoms with Crippen LogP contribution in [0.5, 0.6) is 0 Å². The van der Waals surface area contributed by atoms with E-state index < -0.39 is 40.7 Å². The molecule has 170 valence electrons. The molecule has 2 aliphatic carbocycles. The average Bonchev–Trinajstić information content (AvgIpc) is 3.18. The number of carbonyl (C=O) groups is 2. The van der Waals surface area contributed by atoms with Crippen LogP contribution in [0.4, 0.5) is 0 Å². The van der Waals surface area contributed by atoms with Crippen LogP contribution >= 0.6 is 0 Å². The second-order valence-corrected chi connectivity index (χ2v) is 9.61. The van der Waals surface area contributed by atoms with Crippen molar-refractivity contribution in [1.82, 2.24) is 0 Å². The number of hydrogen-bond acceptors (Lipinski definition) is 8. The Morgan fingerprint density at radius 3 is 2.74 bits per heavy atom. The van der Waals surface area contributed by atoms with Crippen LogP contribution in [-0.2, 0) is 28.5 Å². The number of hydrogen-bond donors (Lipinski definition) is 1. The number of fused-ring (bicyclic) bond motifs is 3. The molecule has 0 radical (unpaired) electrons. The monoisotopic (exact) mass is 434 g/mol. The summed E-state index contributed by atoms with van der Waals surface area (Å²) in [6.07, 6.45) is 4.21. The topological polar surface area (TPSA) is 108 Å². The van der Waals surface area contributed by atoms with Crippen molar-refractivity contribution in [3.8, 4) is 0 Å². The fourth-order valence-corrected chi connectivity index (χ4v) is 7.14. The SMILES string of the molecule is CO[C@@H]1O[C@@H](c2ccoc2)C[C@]12[C@H](C)C(=O)[C@H](OC(C)=O)[C@]1(CO)[C@@H]2CCC[C@]12CO2. The zero-order valence-corrected chi connectivity index (χ0v) is 18.2. The molecule has 0 amide bonds. The molecule has 5 rings (SSSR count). The lowest BCUT2D eigenvalue weighted by Gasteiger charge is -2.62. The molecule has 1 aromatic rings. The number of ether oxygens (including phenoxy) is 4. The molecule has 1 N–H and O–H groups in total. The molecule has 2 aliphatic heterocycles. The summed E-state index contributed by atoms with van der Waals surface area (Å²) in [6, 6.07) is 1.86. The number of esters is 1. The lowest BCUT2D eigenvalue weighted by atomic mass is 9.42. The van der Waals surface area contributed by atoms with Gasteiger partial charge >= 0.3 is 5.97 Å². The Labute approximate surface area is 181 Å². The Kier molecular flexibility index (Phi) is 4.86. The number of epoxide rings is 1. The van der Waals surface area contributed by atoms with Crippen molar-refractivity contribution < 1.29 is 38.1 Å². The molecule has 4 aliphatic rings. The van der Waals surface area contributed by atoms with Gasteiger partial charge in [-0.1, -0.05) is 13.3 Å². The van der Waals surface area contributed by atoms with Gasteiger partial charge in [0.15, 0.2) is 18.2 Å². The summed E-state index contributed by atoms with van der Waals surface area (Å²) in [6.45, 7) is 3.32. The van der Waals surface area contributed by atoms with Crippen LogP contribution in [0.3, 0.4) is 0 Å². The summed E-state index contributed by atoms with van der Waals surface area (Å²) < 4.78 is 29.1. The number of furan rings is 1. The van der Waals surface area contributed by atoms with Gasteiger partial charge in [-0.2, -0.15) is 0 Å². The van der Waals surface area contributed by atoms with E-state index in [1.165, 1.54) is 6.92 Å². The van der Waals surface area contributed by atoms with Crippen molar-refractivity contribution in [2.45, 2.75) is 63.6 Å². The van der Waals surface area contributed by atoms with Gasteiger partial charge in [-0.25, -0.2) is 0 Å². The van der Waals surface area contributed by atoms with Gasteiger partial charge in [0.1, 0.15) is 5.60 Å². The molecule has 8 heteroatoms. The molecule has 4 fully saturated rings. The molecule has 1 aromatic heterocycles. The van der Waals surface area contributed by atoms with Crippen LogP contribution in [0, 0.1) is 22.7 Å². The van der Waals surface area contributed by atoms with E-state index in [0.717, 1.165) is 24.8 Å². The quantitative estimate of drug-likeness (QED) is 0.569. The maximum atomic E-state index is 13.8. The Morgan fingerprint density at radius 1 is 1.39 bits per heavy atom. The standard InChI is InChI=1S/C23H30O8/c1-13-18(26)19(30-14(2)25)23(11-24)17(5-4-7-21(23)12-29-21)22(13)9-16(31-20(22)27-3)15-6-8-28-10-15/h6,8,10,13,16-17,19-20,24H,4-5,7,9,11-12H2,1-3H3/t13-,16-,17-,19+,20-,21+,22-,23+/m1/s1. The van der Waals surface area contributed by atoms with Crippen molar-refractivity contribution >= 4 is 11.8 Å². The normalized spacial score (nSPS) is 46.3. The highest BCUT2D eigenvalue weighted by Gasteiger charge is 2.79. The van der Waals surface area contributed by atoms with Crippen molar-refractivity contribution in [2.75, 3.05) is 20.3 Å². The van der Waals surface area contributed by atoms with E-state index in [0.29, 0.717) is 13.0 Å². The number of methoxy groups -OCH3 is 1. The van der Waals surface area contributed by atoms with E-state index in [9.17, 15) is 14.7 Å². The molecular weight excluding hydrogens is 404 g/mol. The third-order valence-corrected chi connectivity index (χ3v) is 8.58. The van der Waals surface area contributed by atoms with Crippen LogP contribution in [0.25, 0.3) is 0 Å². The summed E-state index contributed by atoms with van der Waals surface area (Å²) >= 11 is 0. The molecule has 8 nitrogen and oxygen atoms in total. The predicted molar refractivity (Wildman–Crippen MR) is 106 cm³/mol. The van der Waals surface area contributed by atoms with Crippen molar-refractivity contribution in [2.24, 2.45) is 22.7 Å². The van der Waals surface area contributed by atoms with E-state index >= 15 is 0 Å². The summed E-state index contributed by atoms with van der Waals surface area (Å²) in [5, 5.41) is 10.9. The minimum Gasteiger partial charge on any atom is -0.472 e. The maximum absolute atomic E-state index is 13.8. The van der Waals surface area contributed by atoms with Gasteiger partial charge in [-0.3, -0.25) is 9.59 Å². The highest BCUT2D eigenvalue weighted by Crippen LogP contribution is 2.71. The molecule has 0 bridgehead atoms. The third kappa shape index (κ3) is 2.62. The average molecular weight is 434 g/mol. The number of carbonyl (C=O) groups excluding carboxylic acids is 2. The largest absolute Gasteiger partial charge is 0.472 e. The van der Waals surface area contributed by atoms with E-state index in [2.05, 4.69) is 0 Å². The maximum Gasteiger partial charge on any atom is 0.303 e. The highest BCUT2D eigenvalue weighted by molar-refractivity contribution is 5.90. The van der Waals surface area contributed by atoms with Crippen LogP contribution in [0.2, 0.25) is 0 Å². The van der Waals surface area contributed by atoms with Crippen molar-refractivity contribution in [3.05, 3.63) is 24.2 Å². The summed E-state index contributed by atoms with van der Waals surface area (Å²) in [5.74, 6) is -1.40. The van der Waals surface area contributed by atoms with Gasteiger partial charge in [0.2, 0.25) is 0 Å². The summed E-state index contributed by atoms with van der Waals surface area (Å²) in [5.41, 5.74) is -1.48. The van der Waals surface area contributed by atoms with E-state index in [4.69, 9.17) is 23.4 Å². The number of ketones is 1. The Balaban J connectivity index is 1.67. The minimum absolute atomic E-state index is 0.180. The van der Waals surface area contributed by atoms with Crippen LogP contribution < -0.4 is 0 Å². The number of rotatable bonds is 4. The molecule has 2 spiro atoms. The van der Waals surface area contributed by atoms with Crippen LogP contribution in [0.1, 0.15) is 51.2 Å². The Bertz CT molecular complexity index is 861. The van der Waals surface area contributed by atoms with Crippen LogP contribution in [-0.4, -0.2) is 55.2 Å². The first-order valence-corrected chi connectivity index (χ1v) is 11.0. The zero-order valence-electron chi connectivity index (χ0n) is 18.2. The molecule has 31 heavy (non-hydrogen) atoms. The Hall–Kier alpha value is -1.74. The summed E-state index contributed by atoms with van der Waals surface area (Å²) in [7, 11) is 1.59. The highest BCUT2D eigenvalue weighted by atomic mass is 16.7. The first-order valence-electron chi connectivity index (χ1n) is 11.0. The number of aliphatic hydroxyl groups excluding tert-OH is 1. The van der Waals surface area contributed by atoms with Crippen molar-refractivity contribution in [1.29, 1.82) is 0 Å². The lowest BCUT2D eigenvalue weighted by Crippen LogP contribution is -2.72. The van der Waals surface area contributed by atoms with Gasteiger partial charge in [0, 0.05) is 30.9 Å². The zero-order chi connectivity index (χ0) is 22.0. The first-order chi connectivity index (χ1) is 14.9. The summed E-state index contributed by atoms with van der Waals surface area (Å²) in [4.78, 5) is 25.9. The second kappa shape index (κ2) is 7.13. The molecule has 0 unspecified atom stereocenters. The van der Waals surface area contributed by atoms with E-state index in [1.54, 1.807) is 19.6 Å². The van der Waals surface area contributed by atoms with Crippen LogP contribution in [0.15, 0.2) is 23.0 Å². The van der Waals surface area contributed by atoms with Gasteiger partial charge in [-0.05, 0) is 31.2 Å². The Morgan fingerprint density at radius 2 is 2.16 bits per heavy atom. The molecule has 0 aromatic carbocycles. The molecular formula is C23H30O8. The van der Waals surface area contributed by atoms with Crippen molar-refractivity contribution in [3.63, 3.8) is 0 Å². The fraction of sp³-hybridized carbons (Fsp3) is 0.739. The van der Waals surface area contributed by atoms with Gasteiger partial charge in [0.05, 0.1) is 37.3 Å². The van der Waals surface area contributed by atoms with Gasteiger partial charge in [-0.15, -0.1) is 0 Å². The number of aliphatic hydroxyl groups is 1. The molecule has 8 atom stereocenters. The second-order valence-electron chi connectivity index (χ2n) is 9.61. The van der Waals surface area contributed by atoms with E-state index in [1.807, 2.05) is 13.0 Å². The third-order valence-electron chi connectivity index (χ3n) is 8.58. The fourth-order valence-electron chi connectivity index (χ4n) is 7.14. The van der Waals surface area contributed by atoms with Gasteiger partial charge < -0.3 is 28.5 Å². The first kappa shape index (κ1) is 21.1. The predicted octanol–water partition coefficient (Wildman–Crippen LogP) is 2.40. The van der Waals surface area contributed by atoms with E-state index in [-0.39, 0.29) is 24.4 Å².